The molecule has 0 N–H and O–H groups in total. The predicted octanol–water partition coefficient (Wildman–Crippen LogP) is 3.15. The maximum Gasteiger partial charge on any atom is 0.381 e. The van der Waals surface area contributed by atoms with Gasteiger partial charge in [0.2, 0.25) is 6.33 Å². The van der Waals surface area contributed by atoms with Crippen LogP contribution in [0.25, 0.3) is 0 Å². The molecule has 7 heteroatoms. The molecule has 17 heavy (non-hydrogen) atoms. The monoisotopic (exact) mass is 271 g/mol. The third kappa shape index (κ3) is 2.75. The Hall–Kier alpha value is -1.59. The largest absolute Gasteiger partial charge is 0.381 e. The molecule has 0 unspecified atom stereocenters. The summed E-state index contributed by atoms with van der Waals surface area (Å²) >= 11 is 11.8. The maximum absolute atomic E-state index is 10.5. The van der Waals surface area contributed by atoms with E-state index in [1.807, 2.05) is 0 Å². The maximum atomic E-state index is 10.5. The third-order valence-corrected chi connectivity index (χ3v) is 2.76. The average molecular weight is 272 g/mol. The number of benzene rings is 1. The smallest absolute Gasteiger partial charge is 0.358 e. The van der Waals surface area contributed by atoms with Gasteiger partial charge in [0, 0.05) is 10.0 Å². The highest BCUT2D eigenvalue weighted by molar-refractivity contribution is 6.35. The first-order valence-electron chi connectivity index (χ1n) is 4.66. The molecule has 0 atom stereocenters. The van der Waals surface area contributed by atoms with Crippen molar-refractivity contribution in [3.05, 3.63) is 56.4 Å². The highest BCUT2D eigenvalue weighted by Crippen LogP contribution is 2.22. The number of rotatable bonds is 3. The van der Waals surface area contributed by atoms with Crippen molar-refractivity contribution in [2.24, 2.45) is 0 Å². The number of imidazole rings is 1. The van der Waals surface area contributed by atoms with Crippen molar-refractivity contribution in [3.8, 4) is 0 Å². The average Bonchev–Trinajstić information content (AvgIpc) is 2.71. The van der Waals surface area contributed by atoms with Gasteiger partial charge in [-0.2, -0.15) is 0 Å². The molecule has 2 rings (SSSR count). The lowest BCUT2D eigenvalue weighted by atomic mass is 10.2. The second kappa shape index (κ2) is 4.73. The molecule has 0 bridgehead atoms. The van der Waals surface area contributed by atoms with Gasteiger partial charge < -0.3 is 14.7 Å². The summed E-state index contributed by atoms with van der Waals surface area (Å²) in [6.45, 7) is 0.414. The van der Waals surface area contributed by atoms with Crippen LogP contribution in [0.4, 0.5) is 5.82 Å². The SMILES string of the molecule is O=[N+]([O-])c1cn(Cc2ccc(Cl)cc2Cl)cn1. The van der Waals surface area contributed by atoms with Crippen molar-refractivity contribution in [1.29, 1.82) is 0 Å². The molecule has 1 aromatic heterocycles. The molecule has 1 heterocycles. The molecule has 0 radical (unpaired) electrons. The number of hydrogen-bond donors (Lipinski definition) is 0. The molecule has 2 aromatic rings. The zero-order valence-corrected chi connectivity index (χ0v) is 10.0. The van der Waals surface area contributed by atoms with Gasteiger partial charge in [0.1, 0.15) is 6.20 Å². The lowest BCUT2D eigenvalue weighted by molar-refractivity contribution is -0.389. The Morgan fingerprint density at radius 2 is 2.18 bits per heavy atom. The van der Waals surface area contributed by atoms with Crippen LogP contribution in [0, 0.1) is 10.1 Å². The minimum atomic E-state index is -0.542. The third-order valence-electron chi connectivity index (χ3n) is 2.17. The van der Waals surface area contributed by atoms with Gasteiger partial charge in [-0.3, -0.25) is 0 Å². The Bertz CT molecular complexity index is 568. The molecule has 0 aliphatic rings. The van der Waals surface area contributed by atoms with Crippen LogP contribution >= 0.6 is 23.2 Å². The number of halogens is 2. The van der Waals surface area contributed by atoms with Crippen molar-refractivity contribution >= 4 is 29.0 Å². The number of hydrogen-bond acceptors (Lipinski definition) is 3. The molecule has 0 amide bonds. The normalized spacial score (nSPS) is 10.5. The van der Waals surface area contributed by atoms with Crippen LogP contribution in [0.15, 0.2) is 30.7 Å². The summed E-state index contributed by atoms with van der Waals surface area (Å²) in [5, 5.41) is 11.5. The van der Waals surface area contributed by atoms with Gasteiger partial charge in [0.25, 0.3) is 0 Å². The standard InChI is InChI=1S/C10H7Cl2N3O2/c11-8-2-1-7(9(12)3-8)4-14-5-10(13-6-14)15(16)17/h1-3,5-6H,4H2. The van der Waals surface area contributed by atoms with E-state index < -0.39 is 4.92 Å². The van der Waals surface area contributed by atoms with Crippen LogP contribution in [0.2, 0.25) is 10.0 Å². The summed E-state index contributed by atoms with van der Waals surface area (Å²) in [7, 11) is 0. The minimum Gasteiger partial charge on any atom is -0.358 e. The van der Waals surface area contributed by atoms with Crippen molar-refractivity contribution in [2.45, 2.75) is 6.54 Å². The summed E-state index contributed by atoms with van der Waals surface area (Å²) in [5.74, 6) is -0.185. The lowest BCUT2D eigenvalue weighted by Gasteiger charge is -2.04. The first kappa shape index (κ1) is 11.9. The first-order valence-corrected chi connectivity index (χ1v) is 5.42. The summed E-state index contributed by atoms with van der Waals surface area (Å²) < 4.78 is 1.59. The lowest BCUT2D eigenvalue weighted by Crippen LogP contribution is -1.97. The van der Waals surface area contributed by atoms with Gasteiger partial charge in [-0.05, 0) is 27.6 Å². The molecule has 0 spiro atoms. The molecule has 0 saturated carbocycles. The highest BCUT2D eigenvalue weighted by atomic mass is 35.5. The Morgan fingerprint density at radius 1 is 1.41 bits per heavy atom. The molecule has 0 saturated heterocycles. The number of aromatic nitrogens is 2. The quantitative estimate of drug-likeness (QED) is 0.637. The zero-order chi connectivity index (χ0) is 12.4. The molecular weight excluding hydrogens is 265 g/mol. The number of nitro groups is 1. The van der Waals surface area contributed by atoms with Crippen LogP contribution < -0.4 is 0 Å². The van der Waals surface area contributed by atoms with Gasteiger partial charge in [0.05, 0.1) is 6.54 Å². The van der Waals surface area contributed by atoms with Gasteiger partial charge in [-0.25, -0.2) is 0 Å². The van der Waals surface area contributed by atoms with Gasteiger partial charge >= 0.3 is 5.82 Å². The van der Waals surface area contributed by atoms with Crippen LogP contribution in [0.3, 0.4) is 0 Å². The van der Waals surface area contributed by atoms with E-state index in [0.29, 0.717) is 16.6 Å². The molecule has 1 aromatic carbocycles. The molecule has 5 nitrogen and oxygen atoms in total. The molecular formula is C10H7Cl2N3O2. The topological polar surface area (TPSA) is 61.0 Å². The van der Waals surface area contributed by atoms with E-state index in [2.05, 4.69) is 4.98 Å². The molecule has 0 aliphatic heterocycles. The highest BCUT2D eigenvalue weighted by Gasteiger charge is 2.10. The predicted molar refractivity (Wildman–Crippen MR) is 64.4 cm³/mol. The number of nitrogens with zero attached hydrogens (tertiary/aromatic N) is 3. The fourth-order valence-electron chi connectivity index (χ4n) is 1.38. The fourth-order valence-corrected chi connectivity index (χ4v) is 1.84. The van der Waals surface area contributed by atoms with Crippen LogP contribution in [0.1, 0.15) is 5.56 Å². The summed E-state index contributed by atoms with van der Waals surface area (Å²) in [4.78, 5) is 13.6. The molecule has 88 valence electrons. The van der Waals surface area contributed by atoms with Crippen molar-refractivity contribution in [3.63, 3.8) is 0 Å². The fraction of sp³-hybridized carbons (Fsp3) is 0.100. The minimum absolute atomic E-state index is 0.185. The van der Waals surface area contributed by atoms with Gasteiger partial charge in [-0.15, -0.1) is 0 Å². The Labute approximate surface area is 107 Å². The summed E-state index contributed by atoms with van der Waals surface area (Å²) in [6, 6.07) is 5.12. The van der Waals surface area contributed by atoms with Crippen molar-refractivity contribution in [2.75, 3.05) is 0 Å². The Kier molecular flexibility index (Phi) is 3.31. The van der Waals surface area contributed by atoms with Gasteiger partial charge in [-0.1, -0.05) is 29.3 Å². The van der Waals surface area contributed by atoms with E-state index in [0.717, 1.165) is 5.56 Å². The van der Waals surface area contributed by atoms with Crippen molar-refractivity contribution in [1.82, 2.24) is 9.55 Å². The van der Waals surface area contributed by atoms with Crippen LogP contribution in [0.5, 0.6) is 0 Å². The van der Waals surface area contributed by atoms with Gasteiger partial charge in [0.15, 0.2) is 0 Å². The second-order valence-electron chi connectivity index (χ2n) is 3.40. The zero-order valence-electron chi connectivity index (χ0n) is 8.51. The Morgan fingerprint density at radius 3 is 2.76 bits per heavy atom. The van der Waals surface area contributed by atoms with Crippen LogP contribution in [-0.4, -0.2) is 14.5 Å². The Balaban J connectivity index is 2.22. The molecule has 0 aliphatic carbocycles. The van der Waals surface area contributed by atoms with E-state index in [9.17, 15) is 10.1 Å². The summed E-state index contributed by atoms with van der Waals surface area (Å²) in [6.07, 6.45) is 2.74. The van der Waals surface area contributed by atoms with E-state index in [-0.39, 0.29) is 5.82 Å². The van der Waals surface area contributed by atoms with Crippen LogP contribution in [-0.2, 0) is 6.54 Å². The van der Waals surface area contributed by atoms with E-state index in [1.165, 1.54) is 12.5 Å². The van der Waals surface area contributed by atoms with E-state index >= 15 is 0 Å². The molecule has 0 fully saturated rings. The van der Waals surface area contributed by atoms with E-state index in [4.69, 9.17) is 23.2 Å². The van der Waals surface area contributed by atoms with E-state index in [1.54, 1.807) is 22.8 Å². The second-order valence-corrected chi connectivity index (χ2v) is 4.24. The summed E-state index contributed by atoms with van der Waals surface area (Å²) in [5.41, 5.74) is 0.823. The first-order chi connectivity index (χ1) is 8.06. The van der Waals surface area contributed by atoms with Crippen molar-refractivity contribution < 1.29 is 4.92 Å².